The minimum atomic E-state index is -1.55. The highest BCUT2D eigenvalue weighted by Crippen LogP contribution is 2.34. The Morgan fingerprint density at radius 2 is 1.87 bits per heavy atom. The molecule has 9 nitrogen and oxygen atoms in total. The average molecular weight is 440 g/mol. The van der Waals surface area contributed by atoms with Crippen molar-refractivity contribution in [1.29, 1.82) is 10.5 Å². The number of rotatable bonds is 7. The SMILES string of the molecule is CCOC(=O)NC(=O)C(C#N)N=Nc1ccc(C(C#N)c2ccc(Cl)cc2)c(OC)c1. The number of carbonyl (C=O) groups excluding carboxylic acids is 2. The van der Waals surface area contributed by atoms with Gasteiger partial charge in [-0.25, -0.2) is 4.79 Å². The Morgan fingerprint density at radius 1 is 1.16 bits per heavy atom. The Labute approximate surface area is 183 Å². The molecule has 0 saturated heterocycles. The van der Waals surface area contributed by atoms with Gasteiger partial charge in [0, 0.05) is 16.7 Å². The van der Waals surface area contributed by atoms with Crippen LogP contribution in [0.3, 0.4) is 0 Å². The molecule has 0 saturated carbocycles. The van der Waals surface area contributed by atoms with E-state index in [4.69, 9.17) is 21.6 Å². The normalized spacial score (nSPS) is 12.3. The van der Waals surface area contributed by atoms with Crippen LogP contribution < -0.4 is 10.1 Å². The summed E-state index contributed by atoms with van der Waals surface area (Å²) in [6.07, 6.45) is -0.973. The summed E-state index contributed by atoms with van der Waals surface area (Å²) in [5.41, 5.74) is 1.63. The topological polar surface area (TPSA) is 137 Å². The van der Waals surface area contributed by atoms with E-state index in [1.807, 2.05) is 5.32 Å². The van der Waals surface area contributed by atoms with Gasteiger partial charge in [-0.2, -0.15) is 20.8 Å². The molecule has 0 fully saturated rings. The van der Waals surface area contributed by atoms with Crippen molar-refractivity contribution in [2.45, 2.75) is 18.9 Å². The van der Waals surface area contributed by atoms with E-state index in [1.54, 1.807) is 49.4 Å². The zero-order valence-electron chi connectivity index (χ0n) is 16.7. The van der Waals surface area contributed by atoms with Crippen molar-refractivity contribution in [3.8, 4) is 17.9 Å². The summed E-state index contributed by atoms with van der Waals surface area (Å²) in [4.78, 5) is 23.2. The third-order valence-corrected chi connectivity index (χ3v) is 4.27. The van der Waals surface area contributed by atoms with Crippen LogP contribution in [0, 0.1) is 22.7 Å². The molecule has 158 valence electrons. The summed E-state index contributed by atoms with van der Waals surface area (Å²) in [6, 6.07) is 14.0. The minimum Gasteiger partial charge on any atom is -0.496 e. The monoisotopic (exact) mass is 439 g/mol. The number of imide groups is 1. The molecule has 0 radical (unpaired) electrons. The zero-order chi connectivity index (χ0) is 22.8. The van der Waals surface area contributed by atoms with E-state index in [9.17, 15) is 14.9 Å². The van der Waals surface area contributed by atoms with E-state index in [2.05, 4.69) is 21.0 Å². The number of ether oxygens (including phenoxy) is 2. The molecule has 0 spiro atoms. The van der Waals surface area contributed by atoms with E-state index >= 15 is 0 Å². The number of hydrogen-bond donors (Lipinski definition) is 1. The number of carbonyl (C=O) groups is 2. The Morgan fingerprint density at radius 3 is 2.45 bits per heavy atom. The number of nitrogens with zero attached hydrogens (tertiary/aromatic N) is 4. The van der Waals surface area contributed by atoms with Gasteiger partial charge in [-0.1, -0.05) is 29.8 Å². The molecule has 10 heteroatoms. The molecule has 0 bridgehead atoms. The second-order valence-electron chi connectivity index (χ2n) is 6.00. The molecule has 1 N–H and O–H groups in total. The molecule has 2 atom stereocenters. The fraction of sp³-hybridized carbons (Fsp3) is 0.238. The summed E-state index contributed by atoms with van der Waals surface area (Å²) in [5, 5.41) is 28.8. The van der Waals surface area contributed by atoms with Gasteiger partial charge >= 0.3 is 6.09 Å². The third-order valence-electron chi connectivity index (χ3n) is 4.02. The second kappa shape index (κ2) is 11.3. The molecule has 2 aromatic rings. The number of amides is 2. The number of hydrogen-bond acceptors (Lipinski definition) is 8. The number of methoxy groups -OCH3 is 1. The first kappa shape index (κ1) is 23.3. The van der Waals surface area contributed by atoms with Gasteiger partial charge in [-0.15, -0.1) is 0 Å². The van der Waals surface area contributed by atoms with Gasteiger partial charge in [0.05, 0.1) is 31.4 Å². The molecule has 2 amide bonds. The molecule has 2 aromatic carbocycles. The van der Waals surface area contributed by atoms with E-state index in [0.717, 1.165) is 5.56 Å². The van der Waals surface area contributed by atoms with Gasteiger partial charge in [0.2, 0.25) is 6.04 Å². The zero-order valence-corrected chi connectivity index (χ0v) is 17.5. The van der Waals surface area contributed by atoms with Crippen LogP contribution in [-0.4, -0.2) is 31.8 Å². The van der Waals surface area contributed by atoms with Crippen LogP contribution in [0.2, 0.25) is 5.02 Å². The summed E-state index contributed by atoms with van der Waals surface area (Å²) >= 11 is 5.92. The first-order chi connectivity index (χ1) is 14.9. The van der Waals surface area contributed by atoms with Crippen molar-refractivity contribution in [2.24, 2.45) is 10.2 Å². The molecule has 0 aliphatic carbocycles. The van der Waals surface area contributed by atoms with Crippen LogP contribution in [0.1, 0.15) is 24.0 Å². The van der Waals surface area contributed by atoms with Crippen molar-refractivity contribution >= 4 is 29.3 Å². The van der Waals surface area contributed by atoms with Gasteiger partial charge in [0.1, 0.15) is 11.8 Å². The van der Waals surface area contributed by atoms with Gasteiger partial charge < -0.3 is 9.47 Å². The largest absolute Gasteiger partial charge is 0.496 e. The highest BCUT2D eigenvalue weighted by atomic mass is 35.5. The minimum absolute atomic E-state index is 0.0731. The van der Waals surface area contributed by atoms with Crippen LogP contribution in [0.5, 0.6) is 5.75 Å². The van der Waals surface area contributed by atoms with Crippen molar-refractivity contribution < 1.29 is 19.1 Å². The molecule has 0 aliphatic heterocycles. The van der Waals surface area contributed by atoms with Crippen LogP contribution in [0.15, 0.2) is 52.7 Å². The van der Waals surface area contributed by atoms with Crippen molar-refractivity contribution in [1.82, 2.24) is 5.32 Å². The fourth-order valence-electron chi connectivity index (χ4n) is 2.58. The fourth-order valence-corrected chi connectivity index (χ4v) is 2.70. The molecular weight excluding hydrogens is 422 g/mol. The van der Waals surface area contributed by atoms with E-state index in [1.165, 1.54) is 13.2 Å². The van der Waals surface area contributed by atoms with Crippen LogP contribution in [0.25, 0.3) is 0 Å². The number of nitriles is 2. The van der Waals surface area contributed by atoms with Gasteiger partial charge in [0.15, 0.2) is 0 Å². The summed E-state index contributed by atoms with van der Waals surface area (Å²) in [6.45, 7) is 1.65. The lowest BCUT2D eigenvalue weighted by Crippen LogP contribution is -2.37. The first-order valence-electron chi connectivity index (χ1n) is 9.04. The van der Waals surface area contributed by atoms with Gasteiger partial charge in [0.25, 0.3) is 5.91 Å². The van der Waals surface area contributed by atoms with E-state index in [-0.39, 0.29) is 12.3 Å². The molecular formula is C21H18ClN5O4. The van der Waals surface area contributed by atoms with Crippen molar-refractivity contribution in [2.75, 3.05) is 13.7 Å². The molecule has 0 heterocycles. The Kier molecular flexibility index (Phi) is 8.50. The van der Waals surface area contributed by atoms with Crippen molar-refractivity contribution in [3.05, 3.63) is 58.6 Å². The van der Waals surface area contributed by atoms with Crippen LogP contribution >= 0.6 is 11.6 Å². The highest BCUT2D eigenvalue weighted by molar-refractivity contribution is 6.30. The lowest BCUT2D eigenvalue weighted by Gasteiger charge is -2.14. The molecule has 2 rings (SSSR count). The van der Waals surface area contributed by atoms with Crippen LogP contribution in [0.4, 0.5) is 10.5 Å². The lowest BCUT2D eigenvalue weighted by atomic mass is 9.92. The molecule has 0 aromatic heterocycles. The maximum absolute atomic E-state index is 11.9. The summed E-state index contributed by atoms with van der Waals surface area (Å²) < 4.78 is 9.98. The molecule has 2 unspecified atom stereocenters. The third kappa shape index (κ3) is 6.26. The standard InChI is InChI=1S/C21H18ClN5O4/c1-3-31-21(29)25-20(28)18(12-24)27-26-15-8-9-16(19(10-15)30-2)17(11-23)13-4-6-14(22)7-5-13/h4-10,17-18H,3H2,1-2H3,(H,25,28,29). The quantitative estimate of drug-likeness (QED) is 0.640. The lowest BCUT2D eigenvalue weighted by molar-refractivity contribution is -0.120. The smallest absolute Gasteiger partial charge is 0.413 e. The predicted molar refractivity (Wildman–Crippen MR) is 111 cm³/mol. The molecule has 31 heavy (non-hydrogen) atoms. The number of nitrogens with one attached hydrogen (secondary N) is 1. The number of benzene rings is 2. The van der Waals surface area contributed by atoms with Gasteiger partial charge in [-0.3, -0.25) is 10.1 Å². The first-order valence-corrected chi connectivity index (χ1v) is 9.42. The van der Waals surface area contributed by atoms with Crippen molar-refractivity contribution in [3.63, 3.8) is 0 Å². The van der Waals surface area contributed by atoms with E-state index in [0.29, 0.717) is 16.3 Å². The number of alkyl carbamates (subject to hydrolysis) is 1. The predicted octanol–water partition coefficient (Wildman–Crippen LogP) is 4.25. The summed E-state index contributed by atoms with van der Waals surface area (Å²) in [7, 11) is 1.45. The maximum atomic E-state index is 11.9. The van der Waals surface area contributed by atoms with E-state index < -0.39 is 24.0 Å². The Bertz CT molecular complexity index is 1060. The number of azo groups is 1. The Balaban J connectivity index is 2.25. The molecule has 0 aliphatic rings. The highest BCUT2D eigenvalue weighted by Gasteiger charge is 2.21. The summed E-state index contributed by atoms with van der Waals surface area (Å²) in [5.74, 6) is -1.19. The second-order valence-corrected chi connectivity index (χ2v) is 6.43. The Hall–Kier alpha value is -3.95. The average Bonchev–Trinajstić information content (AvgIpc) is 2.76. The van der Waals surface area contributed by atoms with Gasteiger partial charge in [-0.05, 0) is 30.7 Å². The number of halogens is 1. The maximum Gasteiger partial charge on any atom is 0.413 e. The van der Waals surface area contributed by atoms with Crippen LogP contribution in [-0.2, 0) is 9.53 Å².